The monoisotopic (exact) mass is 428 g/mol. The van der Waals surface area contributed by atoms with Crippen molar-refractivity contribution in [2.75, 3.05) is 18.0 Å². The Morgan fingerprint density at radius 3 is 2.52 bits per heavy atom. The third kappa shape index (κ3) is 5.00. The number of benzene rings is 2. The van der Waals surface area contributed by atoms with Gasteiger partial charge in [-0.25, -0.2) is 8.93 Å². The first-order valence-electron chi connectivity index (χ1n) is 9.66. The molecular weight excluding hydrogens is 400 g/mol. The molecular formula is C23H28N2O2S2. The second kappa shape index (κ2) is 8.86. The molecule has 1 heterocycles. The number of nitrogens with zero attached hydrogens (tertiary/aromatic N) is 1. The third-order valence-electron chi connectivity index (χ3n) is 4.84. The van der Waals surface area contributed by atoms with Crippen molar-refractivity contribution in [3.8, 4) is 0 Å². The van der Waals surface area contributed by atoms with Gasteiger partial charge in [0, 0.05) is 30.1 Å². The Balaban J connectivity index is 1.96. The Morgan fingerprint density at radius 2 is 1.86 bits per heavy atom. The van der Waals surface area contributed by atoms with Gasteiger partial charge in [-0.05, 0) is 44.5 Å². The lowest BCUT2D eigenvalue weighted by Crippen LogP contribution is -2.51. The number of anilines is 1. The number of carbonyl (C=O) groups is 1. The zero-order valence-corrected chi connectivity index (χ0v) is 18.8. The Morgan fingerprint density at radius 1 is 1.21 bits per heavy atom. The number of rotatable bonds is 7. The molecule has 0 fully saturated rings. The van der Waals surface area contributed by atoms with Gasteiger partial charge in [0.05, 0.1) is 21.3 Å². The predicted molar refractivity (Wildman–Crippen MR) is 123 cm³/mol. The minimum atomic E-state index is -1.32. The normalized spacial score (nSPS) is 19.6. The van der Waals surface area contributed by atoms with Gasteiger partial charge < -0.3 is 4.90 Å². The molecule has 154 valence electrons. The van der Waals surface area contributed by atoms with Crippen molar-refractivity contribution < 1.29 is 9.00 Å². The maximum Gasteiger partial charge on any atom is 0.195 e. The highest BCUT2D eigenvalue weighted by atomic mass is 32.2. The number of para-hydroxylation sites is 1. The smallest absolute Gasteiger partial charge is 0.195 e. The molecule has 6 heteroatoms. The molecule has 0 aromatic heterocycles. The van der Waals surface area contributed by atoms with Crippen molar-refractivity contribution in [3.63, 3.8) is 0 Å². The van der Waals surface area contributed by atoms with Crippen LogP contribution in [0.3, 0.4) is 0 Å². The first-order valence-corrected chi connectivity index (χ1v) is 11.6. The molecule has 4 nitrogen and oxygen atoms in total. The van der Waals surface area contributed by atoms with Gasteiger partial charge in [-0.15, -0.1) is 6.58 Å². The van der Waals surface area contributed by atoms with Crippen LogP contribution in [-0.4, -0.2) is 27.2 Å². The summed E-state index contributed by atoms with van der Waals surface area (Å²) in [5.74, 6) is 0. The number of hydrogen-bond acceptors (Lipinski definition) is 4. The van der Waals surface area contributed by atoms with Gasteiger partial charge >= 0.3 is 0 Å². The van der Waals surface area contributed by atoms with E-state index in [4.69, 9.17) is 0 Å². The van der Waals surface area contributed by atoms with Crippen LogP contribution in [0.25, 0.3) is 0 Å². The van der Waals surface area contributed by atoms with Crippen LogP contribution in [0, 0.1) is 0 Å². The number of thioether (sulfide) groups is 1. The Hall–Kier alpha value is -1.89. The lowest BCUT2D eigenvalue weighted by molar-refractivity contribution is -0.112. The average Bonchev–Trinajstić information content (AvgIpc) is 2.95. The van der Waals surface area contributed by atoms with Crippen LogP contribution in [0.2, 0.25) is 0 Å². The number of fused-ring (bicyclic) bond motifs is 1. The summed E-state index contributed by atoms with van der Waals surface area (Å²) in [6.45, 7) is 10.9. The lowest BCUT2D eigenvalue weighted by Gasteiger charge is -2.33. The summed E-state index contributed by atoms with van der Waals surface area (Å²) in [5.41, 5.74) is 1.36. The molecule has 2 aromatic carbocycles. The van der Waals surface area contributed by atoms with Crippen molar-refractivity contribution in [1.82, 2.24) is 4.72 Å². The number of nitrogens with one attached hydrogen (secondary N) is 1. The fraction of sp³-hybridized carbons (Fsp3) is 0.348. The molecule has 1 aliphatic rings. The molecule has 1 N–H and O–H groups in total. The molecule has 1 unspecified atom stereocenters. The Labute approximate surface area is 180 Å². The van der Waals surface area contributed by atoms with Gasteiger partial charge in [-0.1, -0.05) is 54.2 Å². The second-order valence-corrected chi connectivity index (χ2v) is 11.3. The zero-order valence-electron chi connectivity index (χ0n) is 17.2. The van der Waals surface area contributed by atoms with E-state index in [2.05, 4.69) is 22.3 Å². The van der Waals surface area contributed by atoms with E-state index in [9.17, 15) is 9.00 Å². The largest absolute Gasteiger partial charge is 0.365 e. The summed E-state index contributed by atoms with van der Waals surface area (Å²) in [7, 11) is -1.32. The average molecular weight is 429 g/mol. The van der Waals surface area contributed by atoms with Crippen molar-refractivity contribution in [2.45, 2.75) is 42.4 Å². The van der Waals surface area contributed by atoms with Crippen LogP contribution >= 0.6 is 11.8 Å². The molecule has 0 bridgehead atoms. The van der Waals surface area contributed by atoms with Crippen molar-refractivity contribution in [1.29, 1.82) is 0 Å². The van der Waals surface area contributed by atoms with E-state index in [0.29, 0.717) is 13.1 Å². The minimum Gasteiger partial charge on any atom is -0.365 e. The maximum atomic E-state index is 13.1. The van der Waals surface area contributed by atoms with E-state index in [-0.39, 0.29) is 11.5 Å². The second-order valence-electron chi connectivity index (χ2n) is 8.22. The van der Waals surface area contributed by atoms with Gasteiger partial charge in [0.15, 0.2) is 5.12 Å². The molecule has 1 aliphatic heterocycles. The van der Waals surface area contributed by atoms with Crippen LogP contribution in [0.4, 0.5) is 5.69 Å². The highest BCUT2D eigenvalue weighted by Gasteiger charge is 2.46. The first kappa shape index (κ1) is 21.8. The minimum absolute atomic E-state index is 0.0462. The molecule has 2 atom stereocenters. The zero-order chi connectivity index (χ0) is 21.1. The third-order valence-corrected chi connectivity index (χ3v) is 7.40. The maximum absolute atomic E-state index is 13.1. The molecule has 0 spiro atoms. The fourth-order valence-corrected chi connectivity index (χ4v) is 5.26. The summed E-state index contributed by atoms with van der Waals surface area (Å²) >= 11 is 1.24. The van der Waals surface area contributed by atoms with Crippen LogP contribution in [0.5, 0.6) is 0 Å². The predicted octanol–water partition coefficient (Wildman–Crippen LogP) is 4.65. The van der Waals surface area contributed by atoms with E-state index in [1.165, 1.54) is 11.8 Å². The quantitative estimate of drug-likeness (QED) is 0.515. The molecule has 0 radical (unpaired) electrons. The summed E-state index contributed by atoms with van der Waals surface area (Å²) in [4.78, 5) is 16.2. The van der Waals surface area contributed by atoms with Crippen LogP contribution < -0.4 is 9.62 Å². The van der Waals surface area contributed by atoms with Gasteiger partial charge in [0.25, 0.3) is 0 Å². The van der Waals surface area contributed by atoms with E-state index in [0.717, 1.165) is 16.1 Å². The number of carbonyl (C=O) groups excluding carboxylic acids is 1. The summed E-state index contributed by atoms with van der Waals surface area (Å²) in [6.07, 6.45) is 2.10. The first-order chi connectivity index (χ1) is 13.7. The van der Waals surface area contributed by atoms with Gasteiger partial charge in [0.1, 0.15) is 0 Å². The van der Waals surface area contributed by atoms with Gasteiger partial charge in [-0.3, -0.25) is 4.79 Å². The highest BCUT2D eigenvalue weighted by molar-refractivity contribution is 8.13. The number of hydrogen-bond donors (Lipinski definition) is 1. The standard InChI is InChI=1S/C23H28N2O2S2/c1-5-15-25-17-23(24-29(27)22(2,3)4,19-13-9-10-14-20(19)25)16-21(26)28-18-11-7-6-8-12-18/h5-14,24H,1,15-17H2,2-4H3/t23-,29?/m0/s1. The fourth-order valence-electron chi connectivity index (χ4n) is 3.48. The molecule has 0 saturated heterocycles. The molecule has 3 rings (SSSR count). The van der Waals surface area contributed by atoms with E-state index in [1.54, 1.807) is 0 Å². The summed E-state index contributed by atoms with van der Waals surface area (Å²) in [5, 5.41) is 0.0462. The van der Waals surface area contributed by atoms with Gasteiger partial charge in [0.2, 0.25) is 0 Å². The van der Waals surface area contributed by atoms with E-state index in [1.807, 2.05) is 75.4 Å². The van der Waals surface area contributed by atoms with Crippen LogP contribution in [0.15, 0.2) is 72.1 Å². The van der Waals surface area contributed by atoms with E-state index < -0.39 is 21.3 Å². The molecule has 0 amide bonds. The molecule has 29 heavy (non-hydrogen) atoms. The highest BCUT2D eigenvalue weighted by Crippen LogP contribution is 2.43. The SMILES string of the molecule is C=CCN1C[C@](CC(=O)Sc2ccccc2)(NS(=O)C(C)(C)C)c2ccccc21. The topological polar surface area (TPSA) is 49.4 Å². The Kier molecular flexibility index (Phi) is 6.66. The molecule has 2 aromatic rings. The lowest BCUT2D eigenvalue weighted by atomic mass is 9.90. The summed E-state index contributed by atoms with van der Waals surface area (Å²) in [6, 6.07) is 17.7. The summed E-state index contributed by atoms with van der Waals surface area (Å²) < 4.78 is 16.0. The van der Waals surface area contributed by atoms with Crippen molar-refractivity contribution >= 4 is 33.6 Å². The molecule has 0 saturated carbocycles. The molecule has 0 aliphatic carbocycles. The Bertz CT molecular complexity index is 909. The van der Waals surface area contributed by atoms with E-state index >= 15 is 0 Å². The van der Waals surface area contributed by atoms with Crippen LogP contribution in [0.1, 0.15) is 32.8 Å². The van der Waals surface area contributed by atoms with Crippen LogP contribution in [-0.2, 0) is 21.3 Å². The van der Waals surface area contributed by atoms with Crippen molar-refractivity contribution in [2.24, 2.45) is 0 Å². The van der Waals surface area contributed by atoms with Crippen molar-refractivity contribution in [3.05, 3.63) is 72.8 Å². The van der Waals surface area contributed by atoms with Gasteiger partial charge in [-0.2, -0.15) is 0 Å².